The zero-order valence-electron chi connectivity index (χ0n) is 40.2. The fraction of sp³-hybridized carbons (Fsp3) is 0.679. The second-order valence-corrected chi connectivity index (χ2v) is 17.0. The van der Waals surface area contributed by atoms with E-state index in [0.29, 0.717) is 19.3 Å². The summed E-state index contributed by atoms with van der Waals surface area (Å²) in [4.78, 5) is 26.1. The molecule has 0 aliphatic heterocycles. The molecule has 0 saturated heterocycles. The predicted octanol–water partition coefficient (Wildman–Crippen LogP) is 15.3. The lowest BCUT2D eigenvalue weighted by Gasteiger charge is -2.24. The Bertz CT molecular complexity index is 1240. The molecular formula is C56H95NO5. The minimum absolute atomic E-state index is 0.0142. The van der Waals surface area contributed by atoms with Gasteiger partial charge in [-0.2, -0.15) is 0 Å². The molecule has 0 radical (unpaired) electrons. The molecule has 62 heavy (non-hydrogen) atoms. The largest absolute Gasteiger partial charge is 0.462 e. The van der Waals surface area contributed by atoms with E-state index in [1.807, 2.05) is 48.6 Å². The van der Waals surface area contributed by atoms with Crippen molar-refractivity contribution in [1.82, 2.24) is 5.32 Å². The molecule has 0 spiro atoms. The van der Waals surface area contributed by atoms with Crippen LogP contribution >= 0.6 is 0 Å². The number of amides is 1. The molecule has 0 aliphatic rings. The molecule has 0 aliphatic carbocycles. The number of unbranched alkanes of at least 4 members (excludes halogenated alkanes) is 20. The number of hydrogen-bond acceptors (Lipinski definition) is 5. The number of rotatable bonds is 44. The van der Waals surface area contributed by atoms with Crippen LogP contribution in [0.5, 0.6) is 0 Å². The van der Waals surface area contributed by atoms with Crippen molar-refractivity contribution in [3.05, 3.63) is 97.2 Å². The lowest BCUT2D eigenvalue weighted by molar-refractivity contribution is -0.151. The number of nitrogens with one attached hydrogen (secondary N) is 1. The molecule has 0 rings (SSSR count). The van der Waals surface area contributed by atoms with Crippen molar-refractivity contribution in [1.29, 1.82) is 0 Å². The van der Waals surface area contributed by atoms with Gasteiger partial charge in [-0.15, -0.1) is 0 Å². The Kier molecular flexibility index (Phi) is 46.3. The number of carbonyl (C=O) groups is 2. The zero-order valence-corrected chi connectivity index (χ0v) is 40.2. The Morgan fingerprint density at radius 2 is 0.952 bits per heavy atom. The molecule has 0 heterocycles. The van der Waals surface area contributed by atoms with Gasteiger partial charge in [0.1, 0.15) is 6.10 Å². The number of ether oxygens (including phenoxy) is 1. The van der Waals surface area contributed by atoms with E-state index in [1.165, 1.54) is 89.9 Å². The van der Waals surface area contributed by atoms with Gasteiger partial charge in [-0.3, -0.25) is 9.59 Å². The van der Waals surface area contributed by atoms with Gasteiger partial charge >= 0.3 is 5.97 Å². The summed E-state index contributed by atoms with van der Waals surface area (Å²) in [7, 11) is 0. The van der Waals surface area contributed by atoms with E-state index in [-0.39, 0.29) is 24.9 Å². The quantitative estimate of drug-likeness (QED) is 0.0245. The van der Waals surface area contributed by atoms with Gasteiger partial charge in [-0.1, -0.05) is 227 Å². The first-order valence-corrected chi connectivity index (χ1v) is 25.5. The summed E-state index contributed by atoms with van der Waals surface area (Å²) < 4.78 is 5.88. The first kappa shape index (κ1) is 58.8. The van der Waals surface area contributed by atoms with Crippen LogP contribution < -0.4 is 5.32 Å². The first-order chi connectivity index (χ1) is 30.5. The van der Waals surface area contributed by atoms with Crippen LogP contribution in [-0.2, 0) is 14.3 Å². The molecule has 3 N–H and O–H groups in total. The van der Waals surface area contributed by atoms with E-state index in [1.54, 1.807) is 0 Å². The molecule has 1 amide bonds. The molecule has 6 nitrogen and oxygen atoms in total. The van der Waals surface area contributed by atoms with Gasteiger partial charge in [-0.25, -0.2) is 0 Å². The van der Waals surface area contributed by atoms with Gasteiger partial charge in [0.05, 0.1) is 25.2 Å². The molecule has 3 unspecified atom stereocenters. The number of carbonyl (C=O) groups excluding carboxylic acids is 2. The van der Waals surface area contributed by atoms with Crippen molar-refractivity contribution in [2.24, 2.45) is 0 Å². The summed E-state index contributed by atoms with van der Waals surface area (Å²) in [5.41, 5.74) is 0. The maximum absolute atomic E-state index is 13.2. The first-order valence-electron chi connectivity index (χ1n) is 25.5. The molecule has 0 bridgehead atoms. The summed E-state index contributed by atoms with van der Waals surface area (Å²) >= 11 is 0. The average Bonchev–Trinajstić information content (AvgIpc) is 3.26. The number of aliphatic hydroxyl groups excluding tert-OH is 2. The number of allylic oxidation sites excluding steroid dienone is 16. The number of hydrogen-bond donors (Lipinski definition) is 3. The summed E-state index contributed by atoms with van der Waals surface area (Å²) in [6.45, 7) is 6.27. The molecule has 0 aromatic carbocycles. The molecule has 0 aromatic rings. The molecular weight excluding hydrogens is 767 g/mol. The highest BCUT2D eigenvalue weighted by Crippen LogP contribution is 2.16. The second-order valence-electron chi connectivity index (χ2n) is 17.0. The fourth-order valence-corrected chi connectivity index (χ4v) is 7.17. The van der Waals surface area contributed by atoms with E-state index < -0.39 is 18.2 Å². The number of aliphatic hydroxyl groups is 2. The molecule has 6 heteroatoms. The van der Waals surface area contributed by atoms with Crippen LogP contribution in [0.2, 0.25) is 0 Å². The second kappa shape index (κ2) is 48.8. The minimum Gasteiger partial charge on any atom is -0.462 e. The monoisotopic (exact) mass is 862 g/mol. The summed E-state index contributed by atoms with van der Waals surface area (Å²) in [6.07, 6.45) is 64.7. The van der Waals surface area contributed by atoms with E-state index in [4.69, 9.17) is 4.74 Å². The molecule has 3 atom stereocenters. The van der Waals surface area contributed by atoms with E-state index in [2.05, 4.69) is 74.7 Å². The molecule has 0 aromatic heterocycles. The van der Waals surface area contributed by atoms with Gasteiger partial charge in [0.15, 0.2) is 0 Å². The summed E-state index contributed by atoms with van der Waals surface area (Å²) in [6, 6.07) is -0.734. The zero-order chi connectivity index (χ0) is 45.2. The number of esters is 1. The van der Waals surface area contributed by atoms with Crippen LogP contribution in [0.25, 0.3) is 0 Å². The van der Waals surface area contributed by atoms with Crippen LogP contribution in [0.3, 0.4) is 0 Å². The Hall–Kier alpha value is -3.22. The third kappa shape index (κ3) is 43.4. The van der Waals surface area contributed by atoms with Gasteiger partial charge in [-0.05, 0) is 77.0 Å². The Balaban J connectivity index is 4.72. The van der Waals surface area contributed by atoms with Gasteiger partial charge < -0.3 is 20.3 Å². The van der Waals surface area contributed by atoms with Crippen LogP contribution in [0.4, 0.5) is 0 Å². The third-order valence-corrected chi connectivity index (χ3v) is 11.0. The van der Waals surface area contributed by atoms with Crippen molar-refractivity contribution in [3.63, 3.8) is 0 Å². The predicted molar refractivity (Wildman–Crippen MR) is 268 cm³/mol. The Labute approximate surface area is 382 Å². The summed E-state index contributed by atoms with van der Waals surface area (Å²) in [5.74, 6) is -0.579. The van der Waals surface area contributed by atoms with Crippen molar-refractivity contribution >= 4 is 11.9 Å². The minimum atomic E-state index is -0.815. The van der Waals surface area contributed by atoms with Crippen molar-refractivity contribution < 1.29 is 24.5 Å². The summed E-state index contributed by atoms with van der Waals surface area (Å²) in [5, 5.41) is 23.7. The third-order valence-electron chi connectivity index (χ3n) is 11.0. The smallest absolute Gasteiger partial charge is 0.306 e. The van der Waals surface area contributed by atoms with Crippen molar-refractivity contribution in [2.45, 2.75) is 238 Å². The lowest BCUT2D eigenvalue weighted by Crippen LogP contribution is -2.46. The van der Waals surface area contributed by atoms with Gasteiger partial charge in [0.2, 0.25) is 5.91 Å². The Morgan fingerprint density at radius 3 is 1.52 bits per heavy atom. The molecule has 354 valence electrons. The van der Waals surface area contributed by atoms with Crippen LogP contribution in [0.15, 0.2) is 97.2 Å². The highest BCUT2D eigenvalue weighted by molar-refractivity contribution is 5.77. The van der Waals surface area contributed by atoms with E-state index >= 15 is 0 Å². The van der Waals surface area contributed by atoms with E-state index in [9.17, 15) is 19.8 Å². The van der Waals surface area contributed by atoms with Crippen LogP contribution in [-0.4, -0.2) is 46.9 Å². The molecule has 0 saturated carbocycles. The normalized spacial score (nSPS) is 14.1. The maximum Gasteiger partial charge on any atom is 0.306 e. The Morgan fingerprint density at radius 1 is 0.500 bits per heavy atom. The topological polar surface area (TPSA) is 95.9 Å². The van der Waals surface area contributed by atoms with Gasteiger partial charge in [0, 0.05) is 6.42 Å². The van der Waals surface area contributed by atoms with E-state index in [0.717, 1.165) is 83.5 Å². The SMILES string of the molecule is CC/C=C/C=C/C=C\C=C/C=C/CCCC(CC(=O)NC(CO)C(O)CCCCCCCCCCCCCCC)OC(=O)CCCCCC/C=C\C/C=C\C/C=C\CCCCC. The van der Waals surface area contributed by atoms with Crippen LogP contribution in [0.1, 0.15) is 220 Å². The lowest BCUT2D eigenvalue weighted by atomic mass is 10.0. The molecule has 0 fully saturated rings. The highest BCUT2D eigenvalue weighted by Gasteiger charge is 2.24. The van der Waals surface area contributed by atoms with Crippen molar-refractivity contribution in [3.8, 4) is 0 Å². The average molecular weight is 862 g/mol. The maximum atomic E-state index is 13.2. The van der Waals surface area contributed by atoms with Crippen molar-refractivity contribution in [2.75, 3.05) is 6.61 Å². The van der Waals surface area contributed by atoms with Crippen LogP contribution in [0, 0.1) is 0 Å². The fourth-order valence-electron chi connectivity index (χ4n) is 7.17. The van der Waals surface area contributed by atoms with Gasteiger partial charge in [0.25, 0.3) is 0 Å². The highest BCUT2D eigenvalue weighted by atomic mass is 16.5. The standard InChI is InChI=1S/C56H95NO5/c1-4-7-10-13-16-19-22-25-26-27-28-31-34-37-40-43-46-49-56(61)62-52(47-44-41-38-35-32-29-23-20-17-14-11-8-5-2)50-55(60)57-53(51-58)54(59)48-45-42-39-36-33-30-24-21-18-15-12-9-6-3/h8,11,14,16-17,19-20,23,25-26,28-29,31-32,35,38,52-54,58-59H,4-7,9-10,12-13,15,18,21-22,24,27,30,33-34,36-37,39-51H2,1-3H3,(H,57,60)/b11-8+,17-14+,19-16-,23-20-,26-25-,31-28-,32-29-,38-35+.